The fraction of sp³-hybridized carbons (Fsp3) is 0.941. The Morgan fingerprint density at radius 3 is 2.71 bits per heavy atom. The van der Waals surface area contributed by atoms with Crippen LogP contribution in [0.15, 0.2) is 0 Å². The van der Waals surface area contributed by atoms with Crippen molar-refractivity contribution >= 4 is 5.97 Å². The summed E-state index contributed by atoms with van der Waals surface area (Å²) in [5.74, 6) is -0.625. The number of carboxylic acids is 1. The zero-order valence-electron chi connectivity index (χ0n) is 13.3. The van der Waals surface area contributed by atoms with Crippen LogP contribution < -0.4 is 5.32 Å². The molecule has 3 fully saturated rings. The maximum atomic E-state index is 11.9. The van der Waals surface area contributed by atoms with Crippen LogP contribution in [0.3, 0.4) is 0 Å². The molecule has 1 heterocycles. The molecule has 3 aliphatic rings. The first-order valence-electron chi connectivity index (χ1n) is 8.91. The Morgan fingerprint density at radius 2 is 2.05 bits per heavy atom. The molecule has 1 aliphatic heterocycles. The minimum absolute atomic E-state index is 0.464. The molecule has 2 N–H and O–H groups in total. The van der Waals surface area contributed by atoms with Gasteiger partial charge >= 0.3 is 5.97 Å². The van der Waals surface area contributed by atoms with Crippen molar-refractivity contribution in [3.8, 4) is 0 Å². The molecule has 4 nitrogen and oxygen atoms in total. The number of likely N-dealkylation sites (tertiary alicyclic amines) is 1. The first kappa shape index (κ1) is 15.3. The highest BCUT2D eigenvalue weighted by Gasteiger charge is 2.49. The maximum Gasteiger partial charge on any atom is 0.323 e. The second-order valence-corrected chi connectivity index (χ2v) is 7.35. The number of nitrogens with zero attached hydrogens (tertiary/aromatic N) is 1. The average molecular weight is 294 g/mol. The van der Waals surface area contributed by atoms with Gasteiger partial charge in [0.25, 0.3) is 0 Å². The van der Waals surface area contributed by atoms with Gasteiger partial charge in [-0.05, 0) is 57.9 Å². The number of nitrogens with one attached hydrogen (secondary N) is 1. The molecular formula is C17H30N2O2. The van der Waals surface area contributed by atoms with Crippen molar-refractivity contribution in [2.75, 3.05) is 6.54 Å². The number of hydrogen-bond donors (Lipinski definition) is 2. The van der Waals surface area contributed by atoms with Crippen LogP contribution in [0.1, 0.15) is 71.1 Å². The Kier molecular flexibility index (Phi) is 4.55. The Hall–Kier alpha value is -0.610. The van der Waals surface area contributed by atoms with Gasteiger partial charge in [0.15, 0.2) is 0 Å². The first-order chi connectivity index (χ1) is 10.1. The maximum absolute atomic E-state index is 11.9. The van der Waals surface area contributed by atoms with Gasteiger partial charge < -0.3 is 5.11 Å². The normalized spacial score (nSPS) is 38.3. The van der Waals surface area contributed by atoms with Gasteiger partial charge in [-0.3, -0.25) is 15.0 Å². The lowest BCUT2D eigenvalue weighted by Crippen LogP contribution is -2.53. The predicted molar refractivity (Wildman–Crippen MR) is 83.4 cm³/mol. The van der Waals surface area contributed by atoms with Gasteiger partial charge in [-0.15, -0.1) is 0 Å². The van der Waals surface area contributed by atoms with Crippen LogP contribution >= 0.6 is 0 Å². The molecule has 0 bridgehead atoms. The van der Waals surface area contributed by atoms with E-state index in [1.807, 2.05) is 0 Å². The number of carbonyl (C=O) groups is 1. The van der Waals surface area contributed by atoms with E-state index in [9.17, 15) is 9.90 Å². The molecule has 3 atom stereocenters. The van der Waals surface area contributed by atoms with Crippen molar-refractivity contribution in [1.29, 1.82) is 0 Å². The van der Waals surface area contributed by atoms with Crippen molar-refractivity contribution < 1.29 is 9.90 Å². The van der Waals surface area contributed by atoms with Crippen LogP contribution in [-0.2, 0) is 4.79 Å². The van der Waals surface area contributed by atoms with E-state index in [0.717, 1.165) is 32.1 Å². The zero-order chi connectivity index (χ0) is 14.9. The van der Waals surface area contributed by atoms with Gasteiger partial charge in [0.05, 0.1) is 0 Å². The molecule has 3 rings (SSSR count). The molecule has 0 radical (unpaired) electrons. The van der Waals surface area contributed by atoms with Gasteiger partial charge in [-0.2, -0.15) is 0 Å². The first-order valence-corrected chi connectivity index (χ1v) is 8.91. The summed E-state index contributed by atoms with van der Waals surface area (Å²) >= 11 is 0. The fourth-order valence-corrected chi connectivity index (χ4v) is 4.43. The van der Waals surface area contributed by atoms with E-state index < -0.39 is 11.5 Å². The van der Waals surface area contributed by atoms with Crippen molar-refractivity contribution in [3.63, 3.8) is 0 Å². The Morgan fingerprint density at radius 1 is 1.24 bits per heavy atom. The minimum atomic E-state index is -0.642. The van der Waals surface area contributed by atoms with Crippen LogP contribution in [0.2, 0.25) is 0 Å². The average Bonchev–Trinajstić information content (AvgIpc) is 3.22. The number of rotatable bonds is 5. The molecule has 120 valence electrons. The number of aliphatic carboxylic acids is 1. The summed E-state index contributed by atoms with van der Waals surface area (Å²) < 4.78 is 0. The summed E-state index contributed by atoms with van der Waals surface area (Å²) in [6.07, 6.45) is 11.4. The monoisotopic (exact) mass is 294 g/mol. The lowest BCUT2D eigenvalue weighted by molar-refractivity contribution is -0.145. The third kappa shape index (κ3) is 3.26. The molecule has 4 heteroatoms. The Bertz CT molecular complexity index is 383. The van der Waals surface area contributed by atoms with Gasteiger partial charge in [-0.1, -0.05) is 19.8 Å². The lowest BCUT2D eigenvalue weighted by Gasteiger charge is -2.36. The smallest absolute Gasteiger partial charge is 0.323 e. The lowest BCUT2D eigenvalue weighted by atomic mass is 9.96. The fourth-order valence-electron chi connectivity index (χ4n) is 4.43. The highest BCUT2D eigenvalue weighted by molar-refractivity contribution is 5.79. The van der Waals surface area contributed by atoms with Crippen LogP contribution in [0.4, 0.5) is 0 Å². The molecule has 1 saturated heterocycles. The quantitative estimate of drug-likeness (QED) is 0.818. The van der Waals surface area contributed by atoms with Crippen molar-refractivity contribution in [1.82, 2.24) is 10.2 Å². The second-order valence-electron chi connectivity index (χ2n) is 7.35. The van der Waals surface area contributed by atoms with Crippen LogP contribution in [-0.4, -0.2) is 46.2 Å². The van der Waals surface area contributed by atoms with Crippen LogP contribution in [0.25, 0.3) is 0 Å². The molecule has 2 saturated carbocycles. The summed E-state index contributed by atoms with van der Waals surface area (Å²) in [6, 6.07) is 1.60. The molecule has 0 aromatic heterocycles. The largest absolute Gasteiger partial charge is 0.480 e. The molecule has 0 spiro atoms. The van der Waals surface area contributed by atoms with Crippen LogP contribution in [0, 0.1) is 0 Å². The summed E-state index contributed by atoms with van der Waals surface area (Å²) in [6.45, 7) is 3.45. The van der Waals surface area contributed by atoms with E-state index in [0.29, 0.717) is 18.1 Å². The summed E-state index contributed by atoms with van der Waals surface area (Å²) in [4.78, 5) is 14.5. The standard InChI is InChI=1S/C17H30N2O2/c1-2-14-6-4-3-5-11-19(14)15-9-10-17(12-15,16(20)21)18-13-7-8-13/h13-15,18H,2-12H2,1H3,(H,20,21). The van der Waals surface area contributed by atoms with E-state index in [-0.39, 0.29) is 0 Å². The van der Waals surface area contributed by atoms with E-state index in [1.165, 1.54) is 38.6 Å². The highest BCUT2D eigenvalue weighted by Crippen LogP contribution is 2.38. The molecular weight excluding hydrogens is 264 g/mol. The highest BCUT2D eigenvalue weighted by atomic mass is 16.4. The minimum Gasteiger partial charge on any atom is -0.480 e. The molecule has 3 unspecified atom stereocenters. The van der Waals surface area contributed by atoms with Gasteiger partial charge in [0.1, 0.15) is 5.54 Å². The Labute approximate surface area is 128 Å². The van der Waals surface area contributed by atoms with Crippen molar-refractivity contribution in [2.24, 2.45) is 0 Å². The van der Waals surface area contributed by atoms with Gasteiger partial charge in [-0.25, -0.2) is 0 Å². The second kappa shape index (κ2) is 6.25. The summed E-state index contributed by atoms with van der Waals surface area (Å²) in [5.41, 5.74) is -0.642. The Balaban J connectivity index is 1.69. The number of carboxylic acid groups (broad SMARTS) is 1. The topological polar surface area (TPSA) is 52.6 Å². The summed E-state index contributed by atoms with van der Waals surface area (Å²) in [7, 11) is 0. The SMILES string of the molecule is CCC1CCCCCN1C1CCC(NC2CC2)(C(=O)O)C1. The van der Waals surface area contributed by atoms with Gasteiger partial charge in [0.2, 0.25) is 0 Å². The molecule has 2 aliphatic carbocycles. The third-order valence-electron chi connectivity index (χ3n) is 5.82. The van der Waals surface area contributed by atoms with Crippen LogP contribution in [0.5, 0.6) is 0 Å². The number of hydrogen-bond acceptors (Lipinski definition) is 3. The molecule has 21 heavy (non-hydrogen) atoms. The van der Waals surface area contributed by atoms with E-state index in [4.69, 9.17) is 0 Å². The van der Waals surface area contributed by atoms with Gasteiger partial charge in [0, 0.05) is 18.1 Å². The van der Waals surface area contributed by atoms with Crippen molar-refractivity contribution in [2.45, 2.75) is 94.8 Å². The summed E-state index contributed by atoms with van der Waals surface area (Å²) in [5, 5.41) is 13.2. The van der Waals surface area contributed by atoms with E-state index in [1.54, 1.807) is 0 Å². The van der Waals surface area contributed by atoms with E-state index in [2.05, 4.69) is 17.1 Å². The molecule has 0 aromatic rings. The van der Waals surface area contributed by atoms with E-state index >= 15 is 0 Å². The van der Waals surface area contributed by atoms with Crippen molar-refractivity contribution in [3.05, 3.63) is 0 Å². The third-order valence-corrected chi connectivity index (χ3v) is 5.82. The molecule has 0 amide bonds. The molecule has 0 aromatic carbocycles. The zero-order valence-corrected chi connectivity index (χ0v) is 13.3. The predicted octanol–water partition coefficient (Wildman–Crippen LogP) is 2.77.